The first-order valence-electron chi connectivity index (χ1n) is 5.87. The lowest BCUT2D eigenvalue weighted by Gasteiger charge is -2.44. The third-order valence-corrected chi connectivity index (χ3v) is 3.41. The van der Waals surface area contributed by atoms with Gasteiger partial charge in [0, 0.05) is 0 Å². The molecule has 98 valence electrons. The molecule has 3 rings (SSSR count). The molecule has 1 fully saturated rings. The molecule has 0 aromatic carbocycles. The lowest BCUT2D eigenvalue weighted by atomic mass is 10.1. The molecule has 1 saturated heterocycles. The Morgan fingerprint density at radius 2 is 2.22 bits per heavy atom. The number of hydrogen-bond acceptors (Lipinski definition) is 6. The molecule has 0 radical (unpaired) electrons. The molecule has 0 spiro atoms. The Bertz CT molecular complexity index is 471. The van der Waals surface area contributed by atoms with Crippen LogP contribution in [0.25, 0.3) is 0 Å². The quantitative estimate of drug-likeness (QED) is 0.755. The minimum Gasteiger partial charge on any atom is -0.486 e. The molecular weight excluding hydrogens is 258 g/mol. The predicted octanol–water partition coefficient (Wildman–Crippen LogP) is 0.608. The molecule has 6 nitrogen and oxygen atoms in total. The Morgan fingerprint density at radius 3 is 3.00 bits per heavy atom. The van der Waals surface area contributed by atoms with Crippen LogP contribution in [0.2, 0.25) is 5.28 Å². The van der Waals surface area contributed by atoms with Crippen LogP contribution in [0.1, 0.15) is 12.6 Å². The maximum Gasteiger partial charge on any atom is 0.224 e. The van der Waals surface area contributed by atoms with Crippen molar-refractivity contribution in [2.75, 3.05) is 24.7 Å². The molecule has 0 bridgehead atoms. The highest BCUT2D eigenvalue weighted by Crippen LogP contribution is 2.37. The van der Waals surface area contributed by atoms with Crippen molar-refractivity contribution in [3.05, 3.63) is 11.0 Å². The van der Waals surface area contributed by atoms with Gasteiger partial charge in [0.05, 0.1) is 31.9 Å². The molecule has 1 aromatic rings. The van der Waals surface area contributed by atoms with Crippen molar-refractivity contribution in [3.63, 3.8) is 0 Å². The van der Waals surface area contributed by atoms with Crippen LogP contribution in [0.4, 0.5) is 5.82 Å². The average Bonchev–Trinajstić information content (AvgIpc) is 2.37. The molecule has 1 aromatic heterocycles. The summed E-state index contributed by atoms with van der Waals surface area (Å²) >= 11 is 5.89. The molecule has 0 aliphatic carbocycles. The van der Waals surface area contributed by atoms with E-state index in [0.29, 0.717) is 37.1 Å². The van der Waals surface area contributed by atoms with Gasteiger partial charge in [-0.3, -0.25) is 0 Å². The average molecular weight is 272 g/mol. The Hall–Kier alpha value is -1.11. The summed E-state index contributed by atoms with van der Waals surface area (Å²) in [6.07, 6.45) is 0. The summed E-state index contributed by atoms with van der Waals surface area (Å²) in [5.41, 5.74) is 0.433. The van der Waals surface area contributed by atoms with Crippen molar-refractivity contribution in [1.82, 2.24) is 9.97 Å². The number of fused-ring (bicyclic) bond motifs is 3. The fourth-order valence-electron chi connectivity index (χ4n) is 2.47. The van der Waals surface area contributed by atoms with Crippen LogP contribution >= 0.6 is 11.6 Å². The minimum atomic E-state index is -0.214. The van der Waals surface area contributed by atoms with Gasteiger partial charge in [0.2, 0.25) is 5.28 Å². The summed E-state index contributed by atoms with van der Waals surface area (Å²) in [6, 6.07) is 0.336. The Kier molecular flexibility index (Phi) is 3.01. The Balaban J connectivity index is 2.09. The lowest BCUT2D eigenvalue weighted by Crippen LogP contribution is -2.56. The summed E-state index contributed by atoms with van der Waals surface area (Å²) in [7, 11) is 0. The fraction of sp³-hybridized carbons (Fsp3) is 0.636. The number of aliphatic hydroxyl groups excluding tert-OH is 1. The SMILES string of the molecule is C[C@@H]1COC[C@@H]2COc3c(CO)nc(Cl)nc3N21. The van der Waals surface area contributed by atoms with Crippen molar-refractivity contribution in [2.45, 2.75) is 25.6 Å². The van der Waals surface area contributed by atoms with E-state index in [2.05, 4.69) is 21.8 Å². The van der Waals surface area contributed by atoms with Gasteiger partial charge in [-0.2, -0.15) is 4.98 Å². The molecule has 0 unspecified atom stereocenters. The van der Waals surface area contributed by atoms with Crippen molar-refractivity contribution < 1.29 is 14.6 Å². The number of aliphatic hydroxyl groups is 1. The highest BCUT2D eigenvalue weighted by Gasteiger charge is 2.37. The molecular formula is C11H14ClN3O3. The van der Waals surface area contributed by atoms with E-state index in [-0.39, 0.29) is 24.0 Å². The lowest BCUT2D eigenvalue weighted by molar-refractivity contribution is 0.0480. The number of morpholine rings is 1. The number of halogens is 1. The summed E-state index contributed by atoms with van der Waals surface area (Å²) in [5.74, 6) is 1.19. The largest absolute Gasteiger partial charge is 0.486 e. The van der Waals surface area contributed by atoms with Crippen molar-refractivity contribution in [1.29, 1.82) is 0 Å². The second-order valence-electron chi connectivity index (χ2n) is 4.51. The third kappa shape index (κ3) is 1.81. The number of nitrogens with zero attached hydrogens (tertiary/aromatic N) is 3. The fourth-order valence-corrected chi connectivity index (χ4v) is 2.65. The molecule has 0 saturated carbocycles. The van der Waals surface area contributed by atoms with Gasteiger partial charge < -0.3 is 19.5 Å². The van der Waals surface area contributed by atoms with Gasteiger partial charge in [0.15, 0.2) is 11.6 Å². The van der Waals surface area contributed by atoms with Gasteiger partial charge in [-0.15, -0.1) is 0 Å². The van der Waals surface area contributed by atoms with Crippen LogP contribution in [0.15, 0.2) is 0 Å². The van der Waals surface area contributed by atoms with E-state index in [1.165, 1.54) is 0 Å². The molecule has 7 heteroatoms. The Labute approximate surface area is 109 Å². The first-order valence-corrected chi connectivity index (χ1v) is 6.24. The van der Waals surface area contributed by atoms with E-state index in [4.69, 9.17) is 21.1 Å². The van der Waals surface area contributed by atoms with Crippen LogP contribution in [-0.4, -0.2) is 47.0 Å². The molecule has 0 amide bonds. The third-order valence-electron chi connectivity index (χ3n) is 3.24. The normalized spacial score (nSPS) is 26.3. The van der Waals surface area contributed by atoms with Crippen molar-refractivity contribution >= 4 is 17.4 Å². The monoisotopic (exact) mass is 271 g/mol. The van der Waals surface area contributed by atoms with Crippen molar-refractivity contribution in [2.24, 2.45) is 0 Å². The number of aromatic nitrogens is 2. The maximum absolute atomic E-state index is 9.31. The standard InChI is InChI=1S/C11H14ClN3O3/c1-6-3-17-4-7-5-18-9-8(2-16)13-11(12)14-10(9)15(6)7/h6-7,16H,2-5H2,1H3/t6-,7-/m1/s1. The molecule has 2 atom stereocenters. The predicted molar refractivity (Wildman–Crippen MR) is 65.0 cm³/mol. The van der Waals surface area contributed by atoms with Crippen LogP contribution < -0.4 is 9.64 Å². The minimum absolute atomic E-state index is 0.126. The first kappa shape index (κ1) is 12.0. The molecule has 2 aliphatic heterocycles. The number of rotatable bonds is 1. The van der Waals surface area contributed by atoms with Gasteiger partial charge in [-0.25, -0.2) is 4.98 Å². The van der Waals surface area contributed by atoms with Gasteiger partial charge in [0.1, 0.15) is 12.3 Å². The van der Waals surface area contributed by atoms with Gasteiger partial charge >= 0.3 is 0 Å². The summed E-state index contributed by atoms with van der Waals surface area (Å²) in [5, 5.41) is 9.43. The van der Waals surface area contributed by atoms with E-state index in [1.54, 1.807) is 0 Å². The van der Waals surface area contributed by atoms with Crippen LogP contribution in [0.3, 0.4) is 0 Å². The van der Waals surface area contributed by atoms with Crippen LogP contribution in [0.5, 0.6) is 5.75 Å². The first-order chi connectivity index (χ1) is 8.70. The van der Waals surface area contributed by atoms with E-state index in [1.807, 2.05) is 0 Å². The number of ether oxygens (including phenoxy) is 2. The van der Waals surface area contributed by atoms with Crippen LogP contribution in [-0.2, 0) is 11.3 Å². The van der Waals surface area contributed by atoms with E-state index < -0.39 is 0 Å². The maximum atomic E-state index is 9.31. The smallest absolute Gasteiger partial charge is 0.224 e. The van der Waals surface area contributed by atoms with Gasteiger partial charge in [-0.1, -0.05) is 0 Å². The zero-order valence-electron chi connectivity index (χ0n) is 9.97. The van der Waals surface area contributed by atoms with E-state index >= 15 is 0 Å². The zero-order chi connectivity index (χ0) is 12.7. The van der Waals surface area contributed by atoms with E-state index in [0.717, 1.165) is 0 Å². The molecule has 3 heterocycles. The zero-order valence-corrected chi connectivity index (χ0v) is 10.7. The van der Waals surface area contributed by atoms with Crippen molar-refractivity contribution in [3.8, 4) is 5.75 Å². The summed E-state index contributed by atoms with van der Waals surface area (Å²) in [6.45, 7) is 3.62. The topological polar surface area (TPSA) is 67.7 Å². The number of anilines is 1. The Morgan fingerprint density at radius 1 is 1.39 bits per heavy atom. The second-order valence-corrected chi connectivity index (χ2v) is 4.85. The second kappa shape index (κ2) is 4.53. The number of hydrogen-bond donors (Lipinski definition) is 1. The molecule has 18 heavy (non-hydrogen) atoms. The highest BCUT2D eigenvalue weighted by atomic mass is 35.5. The summed E-state index contributed by atoms with van der Waals surface area (Å²) in [4.78, 5) is 10.4. The van der Waals surface area contributed by atoms with Gasteiger partial charge in [-0.05, 0) is 18.5 Å². The highest BCUT2D eigenvalue weighted by molar-refractivity contribution is 6.28. The molecule has 1 N–H and O–H groups in total. The summed E-state index contributed by atoms with van der Waals surface area (Å²) < 4.78 is 11.2. The van der Waals surface area contributed by atoms with E-state index in [9.17, 15) is 5.11 Å². The van der Waals surface area contributed by atoms with Crippen LogP contribution in [0, 0.1) is 0 Å². The molecule has 2 aliphatic rings. The van der Waals surface area contributed by atoms with Gasteiger partial charge in [0.25, 0.3) is 0 Å².